The van der Waals surface area contributed by atoms with Crippen LogP contribution in [0.1, 0.15) is 25.7 Å². The van der Waals surface area contributed by atoms with Gasteiger partial charge >= 0.3 is 6.09 Å². The van der Waals surface area contributed by atoms with Crippen molar-refractivity contribution in [2.24, 2.45) is 11.0 Å². The first kappa shape index (κ1) is 13.7. The van der Waals surface area contributed by atoms with Gasteiger partial charge in [0.15, 0.2) is 0 Å². The number of pyridine rings is 1. The normalized spacial score (nSPS) is 28.3. The molecule has 1 aliphatic heterocycles. The lowest BCUT2D eigenvalue weighted by atomic mass is 9.79. The first-order chi connectivity index (χ1) is 10.2. The van der Waals surface area contributed by atoms with E-state index in [4.69, 9.17) is 10.3 Å². The highest BCUT2D eigenvalue weighted by Gasteiger charge is 2.47. The van der Waals surface area contributed by atoms with Crippen LogP contribution >= 0.6 is 0 Å². The monoisotopic (exact) mass is 287 g/mol. The highest BCUT2D eigenvalue weighted by Crippen LogP contribution is 2.40. The molecule has 1 saturated carbocycles. The topological polar surface area (TPSA) is 91.2 Å². The van der Waals surface area contributed by atoms with Gasteiger partial charge in [-0.25, -0.2) is 9.78 Å². The van der Waals surface area contributed by atoms with Gasteiger partial charge in [-0.15, -0.1) is 0 Å². The van der Waals surface area contributed by atoms with Crippen LogP contribution in [0, 0.1) is 5.92 Å². The van der Waals surface area contributed by atoms with Gasteiger partial charge < -0.3 is 4.74 Å². The predicted molar refractivity (Wildman–Crippen MR) is 76.8 cm³/mol. The largest absolute Gasteiger partial charge is 0.441 e. The molecule has 7 heteroatoms. The minimum atomic E-state index is -0.401. The van der Waals surface area contributed by atoms with Crippen LogP contribution in [0.15, 0.2) is 29.5 Å². The standard InChI is InChI=1S/C14H17N5O2/c15-18-17-9-11-4-6-14(7-5-11)10-19(13(20)21-14)12-3-1-2-8-16-12/h1-3,8,11H,4-7,9-10H2. The first-order valence-electron chi connectivity index (χ1n) is 7.15. The van der Waals surface area contributed by atoms with E-state index in [9.17, 15) is 4.79 Å². The number of hydrogen-bond donors (Lipinski definition) is 0. The van der Waals surface area contributed by atoms with Crippen LogP contribution in [0.25, 0.3) is 10.4 Å². The molecule has 1 aliphatic carbocycles. The lowest BCUT2D eigenvalue weighted by Crippen LogP contribution is -2.39. The van der Waals surface area contributed by atoms with Crippen LogP contribution in [-0.2, 0) is 4.74 Å². The van der Waals surface area contributed by atoms with Crippen LogP contribution in [0.4, 0.5) is 10.6 Å². The summed E-state index contributed by atoms with van der Waals surface area (Å²) in [7, 11) is 0. The number of hydrogen-bond acceptors (Lipinski definition) is 4. The van der Waals surface area contributed by atoms with Crippen LogP contribution in [0.2, 0.25) is 0 Å². The van der Waals surface area contributed by atoms with Gasteiger partial charge in [-0.1, -0.05) is 11.2 Å². The van der Waals surface area contributed by atoms with E-state index in [2.05, 4.69) is 15.0 Å². The molecule has 1 spiro atoms. The highest BCUT2D eigenvalue weighted by molar-refractivity contribution is 5.89. The second-order valence-electron chi connectivity index (χ2n) is 5.68. The van der Waals surface area contributed by atoms with Gasteiger partial charge in [0.05, 0.1) is 6.54 Å². The second kappa shape index (κ2) is 5.61. The number of aromatic nitrogens is 1. The Bertz CT molecular complexity index is 562. The Balaban J connectivity index is 1.66. The Morgan fingerprint density at radius 1 is 1.48 bits per heavy atom. The molecule has 0 bridgehead atoms. The van der Waals surface area contributed by atoms with Crippen molar-refractivity contribution < 1.29 is 9.53 Å². The Morgan fingerprint density at radius 3 is 2.95 bits per heavy atom. The molecule has 0 radical (unpaired) electrons. The molecular weight excluding hydrogens is 270 g/mol. The molecule has 110 valence electrons. The lowest BCUT2D eigenvalue weighted by molar-refractivity contribution is 0.0144. The zero-order valence-electron chi connectivity index (χ0n) is 11.7. The fourth-order valence-electron chi connectivity index (χ4n) is 3.11. The molecule has 1 aromatic rings. The summed E-state index contributed by atoms with van der Waals surface area (Å²) < 4.78 is 5.65. The molecule has 2 fully saturated rings. The first-order valence-corrected chi connectivity index (χ1v) is 7.15. The fourth-order valence-corrected chi connectivity index (χ4v) is 3.11. The van der Waals surface area contributed by atoms with E-state index < -0.39 is 5.60 Å². The Hall–Kier alpha value is -2.27. The van der Waals surface area contributed by atoms with E-state index >= 15 is 0 Å². The zero-order chi connectivity index (χ0) is 14.7. The molecule has 3 rings (SSSR count). The molecule has 0 atom stereocenters. The molecule has 1 aromatic heterocycles. The van der Waals surface area contributed by atoms with Crippen LogP contribution < -0.4 is 4.90 Å². The van der Waals surface area contributed by atoms with Crippen molar-refractivity contribution in [3.8, 4) is 0 Å². The Labute approximate surface area is 122 Å². The van der Waals surface area contributed by atoms with Gasteiger partial charge in [-0.05, 0) is 49.3 Å². The molecule has 1 saturated heterocycles. The minimum absolute atomic E-state index is 0.317. The van der Waals surface area contributed by atoms with Crippen LogP contribution in [-0.4, -0.2) is 29.8 Å². The molecule has 7 nitrogen and oxygen atoms in total. The number of amides is 1. The molecule has 0 unspecified atom stereocenters. The van der Waals surface area contributed by atoms with Gasteiger partial charge in [0.25, 0.3) is 0 Å². The number of nitrogens with zero attached hydrogens (tertiary/aromatic N) is 5. The number of anilines is 1. The summed E-state index contributed by atoms with van der Waals surface area (Å²) in [4.78, 5) is 20.7. The molecule has 0 aromatic carbocycles. The van der Waals surface area contributed by atoms with E-state index in [0.717, 1.165) is 25.7 Å². The molecular formula is C14H17N5O2. The smallest absolute Gasteiger partial charge is 0.416 e. The number of rotatable bonds is 3. The van der Waals surface area contributed by atoms with Crippen molar-refractivity contribution in [2.75, 3.05) is 18.0 Å². The average Bonchev–Trinajstić information content (AvgIpc) is 2.84. The van der Waals surface area contributed by atoms with E-state index in [1.807, 2.05) is 18.2 Å². The summed E-state index contributed by atoms with van der Waals surface area (Å²) >= 11 is 0. The van der Waals surface area contributed by atoms with Crippen molar-refractivity contribution in [1.29, 1.82) is 0 Å². The van der Waals surface area contributed by atoms with Crippen LogP contribution in [0.5, 0.6) is 0 Å². The van der Waals surface area contributed by atoms with E-state index in [-0.39, 0.29) is 6.09 Å². The Kier molecular flexibility index (Phi) is 3.66. The molecule has 0 N–H and O–H groups in total. The maximum Gasteiger partial charge on any atom is 0.416 e. The van der Waals surface area contributed by atoms with Crippen molar-refractivity contribution in [2.45, 2.75) is 31.3 Å². The van der Waals surface area contributed by atoms with Gasteiger partial charge in [0.2, 0.25) is 0 Å². The molecule has 2 aliphatic rings. The summed E-state index contributed by atoms with van der Waals surface area (Å²) in [6, 6.07) is 5.49. The van der Waals surface area contributed by atoms with Gasteiger partial charge in [-0.3, -0.25) is 4.90 Å². The van der Waals surface area contributed by atoms with Gasteiger partial charge in [-0.2, -0.15) is 0 Å². The van der Waals surface area contributed by atoms with E-state index in [0.29, 0.717) is 24.8 Å². The third-order valence-corrected chi connectivity index (χ3v) is 4.32. The third kappa shape index (κ3) is 2.78. The van der Waals surface area contributed by atoms with Crippen LogP contribution in [0.3, 0.4) is 0 Å². The quantitative estimate of drug-likeness (QED) is 0.485. The SMILES string of the molecule is [N-]=[N+]=NCC1CCC2(CC1)CN(c1ccccn1)C(=O)O2. The third-order valence-electron chi connectivity index (χ3n) is 4.32. The summed E-state index contributed by atoms with van der Waals surface area (Å²) in [6.45, 7) is 1.08. The summed E-state index contributed by atoms with van der Waals surface area (Å²) in [5.74, 6) is 1.03. The maximum atomic E-state index is 12.1. The lowest BCUT2D eigenvalue weighted by Gasteiger charge is -2.34. The second-order valence-corrected chi connectivity index (χ2v) is 5.68. The van der Waals surface area contributed by atoms with E-state index in [1.165, 1.54) is 0 Å². The molecule has 21 heavy (non-hydrogen) atoms. The number of azide groups is 1. The van der Waals surface area contributed by atoms with Crippen molar-refractivity contribution in [3.05, 3.63) is 34.8 Å². The Morgan fingerprint density at radius 2 is 2.29 bits per heavy atom. The summed E-state index contributed by atoms with van der Waals surface area (Å²) in [6.07, 6.45) is 4.82. The maximum absolute atomic E-state index is 12.1. The summed E-state index contributed by atoms with van der Waals surface area (Å²) in [5, 5.41) is 3.64. The van der Waals surface area contributed by atoms with Gasteiger partial charge in [0, 0.05) is 17.7 Å². The molecule has 2 heterocycles. The van der Waals surface area contributed by atoms with Crippen molar-refractivity contribution >= 4 is 11.9 Å². The predicted octanol–water partition coefficient (Wildman–Crippen LogP) is 3.28. The summed E-state index contributed by atoms with van der Waals surface area (Å²) in [5.41, 5.74) is 7.97. The average molecular weight is 287 g/mol. The van der Waals surface area contributed by atoms with Gasteiger partial charge in [0.1, 0.15) is 11.4 Å². The number of carbonyl (C=O) groups is 1. The zero-order valence-corrected chi connectivity index (χ0v) is 11.7. The van der Waals surface area contributed by atoms with Crippen molar-refractivity contribution in [3.63, 3.8) is 0 Å². The fraction of sp³-hybridized carbons (Fsp3) is 0.571. The molecule has 1 amide bonds. The minimum Gasteiger partial charge on any atom is -0.441 e. The number of carbonyl (C=O) groups excluding carboxylic acids is 1. The van der Waals surface area contributed by atoms with E-state index in [1.54, 1.807) is 11.1 Å². The number of ether oxygens (including phenoxy) is 1. The highest BCUT2D eigenvalue weighted by atomic mass is 16.6. The van der Waals surface area contributed by atoms with Crippen molar-refractivity contribution in [1.82, 2.24) is 4.98 Å².